The van der Waals surface area contributed by atoms with E-state index in [1.54, 1.807) is 0 Å². The third-order valence-corrected chi connectivity index (χ3v) is 3.26. The summed E-state index contributed by atoms with van der Waals surface area (Å²) >= 11 is 0. The Hall–Kier alpha value is -2.57. The number of urea groups is 1. The molecule has 4 N–H and O–H groups in total. The lowest BCUT2D eigenvalue weighted by molar-refractivity contribution is -0.121. The first-order valence-corrected chi connectivity index (χ1v) is 6.16. The monoisotopic (exact) mass is 277 g/mol. The van der Waals surface area contributed by atoms with Crippen molar-refractivity contribution in [1.82, 2.24) is 4.90 Å². The van der Waals surface area contributed by atoms with E-state index >= 15 is 0 Å². The minimum atomic E-state index is -1.02. The van der Waals surface area contributed by atoms with Crippen molar-refractivity contribution >= 4 is 23.6 Å². The number of amides is 3. The highest BCUT2D eigenvalue weighted by atomic mass is 16.4. The Labute approximate surface area is 115 Å². The van der Waals surface area contributed by atoms with Crippen LogP contribution in [0.2, 0.25) is 0 Å². The van der Waals surface area contributed by atoms with Gasteiger partial charge in [-0.3, -0.25) is 4.79 Å². The molecule has 7 nitrogen and oxygen atoms in total. The SMILES string of the molecule is NC(=O)C1CCN(C(=O)Nc2ccc(C(=O)O)cc2)C1. The number of carboxylic acid groups (broad SMARTS) is 1. The number of nitrogens with zero attached hydrogens (tertiary/aromatic N) is 1. The van der Waals surface area contributed by atoms with Crippen LogP contribution in [-0.2, 0) is 4.79 Å². The molecule has 3 amide bonds. The van der Waals surface area contributed by atoms with Gasteiger partial charge in [-0.15, -0.1) is 0 Å². The van der Waals surface area contributed by atoms with E-state index < -0.39 is 11.9 Å². The van der Waals surface area contributed by atoms with Crippen LogP contribution in [0.1, 0.15) is 16.8 Å². The number of anilines is 1. The number of rotatable bonds is 3. The molecule has 0 saturated carbocycles. The molecule has 1 aromatic rings. The number of carbonyl (C=O) groups excluding carboxylic acids is 2. The van der Waals surface area contributed by atoms with Gasteiger partial charge in [0.15, 0.2) is 0 Å². The second kappa shape index (κ2) is 5.60. The molecule has 1 aliphatic heterocycles. The van der Waals surface area contributed by atoms with Crippen LogP contribution >= 0.6 is 0 Å². The third kappa shape index (κ3) is 3.05. The summed E-state index contributed by atoms with van der Waals surface area (Å²) < 4.78 is 0. The number of nitrogens with one attached hydrogen (secondary N) is 1. The molecule has 1 aromatic carbocycles. The first-order valence-electron chi connectivity index (χ1n) is 6.16. The summed E-state index contributed by atoms with van der Waals surface area (Å²) in [5, 5.41) is 11.4. The van der Waals surface area contributed by atoms with Crippen LogP contribution in [0.4, 0.5) is 10.5 Å². The fourth-order valence-electron chi connectivity index (χ4n) is 2.08. The Kier molecular flexibility index (Phi) is 3.88. The predicted octanol–water partition coefficient (Wildman–Crippen LogP) is 0.724. The average Bonchev–Trinajstić information content (AvgIpc) is 2.89. The fourth-order valence-corrected chi connectivity index (χ4v) is 2.08. The van der Waals surface area contributed by atoms with Gasteiger partial charge in [0.1, 0.15) is 0 Å². The molecule has 0 bridgehead atoms. The summed E-state index contributed by atoms with van der Waals surface area (Å²) in [6.45, 7) is 0.793. The smallest absolute Gasteiger partial charge is 0.335 e. The van der Waals surface area contributed by atoms with Crippen molar-refractivity contribution in [2.75, 3.05) is 18.4 Å². The lowest BCUT2D eigenvalue weighted by atomic mass is 10.1. The molecule has 7 heteroatoms. The number of primary amides is 1. The van der Waals surface area contributed by atoms with E-state index in [2.05, 4.69) is 5.32 Å². The number of hydrogen-bond acceptors (Lipinski definition) is 3. The van der Waals surface area contributed by atoms with Gasteiger partial charge in [-0.1, -0.05) is 0 Å². The average molecular weight is 277 g/mol. The number of likely N-dealkylation sites (tertiary alicyclic amines) is 1. The number of nitrogens with two attached hydrogens (primary N) is 1. The molecule has 0 aliphatic carbocycles. The Morgan fingerprint density at radius 2 is 1.90 bits per heavy atom. The zero-order chi connectivity index (χ0) is 14.7. The first-order chi connectivity index (χ1) is 9.47. The maximum atomic E-state index is 11.9. The number of benzene rings is 1. The van der Waals surface area contributed by atoms with Crippen LogP contribution < -0.4 is 11.1 Å². The first kappa shape index (κ1) is 13.9. The molecular weight excluding hydrogens is 262 g/mol. The van der Waals surface area contributed by atoms with Crippen molar-refractivity contribution in [3.63, 3.8) is 0 Å². The largest absolute Gasteiger partial charge is 0.478 e. The minimum absolute atomic E-state index is 0.151. The molecule has 1 fully saturated rings. The highest BCUT2D eigenvalue weighted by Crippen LogP contribution is 2.17. The molecule has 2 rings (SSSR count). The standard InChI is InChI=1S/C13H15N3O4/c14-11(17)9-5-6-16(7-9)13(20)15-10-3-1-8(2-4-10)12(18)19/h1-4,9H,5-7H2,(H2,14,17)(H,15,20)(H,18,19). The molecule has 1 saturated heterocycles. The topological polar surface area (TPSA) is 113 Å². The van der Waals surface area contributed by atoms with Crippen molar-refractivity contribution < 1.29 is 19.5 Å². The van der Waals surface area contributed by atoms with E-state index in [0.29, 0.717) is 25.2 Å². The van der Waals surface area contributed by atoms with Crippen LogP contribution in [-0.4, -0.2) is 41.0 Å². The van der Waals surface area contributed by atoms with Crippen molar-refractivity contribution in [3.8, 4) is 0 Å². The maximum absolute atomic E-state index is 11.9. The highest BCUT2D eigenvalue weighted by Gasteiger charge is 2.29. The fraction of sp³-hybridized carbons (Fsp3) is 0.308. The molecule has 0 aromatic heterocycles. The normalized spacial score (nSPS) is 17.8. The Bertz CT molecular complexity index is 541. The molecule has 106 valence electrons. The van der Waals surface area contributed by atoms with Crippen LogP contribution in [0.3, 0.4) is 0 Å². The molecule has 1 atom stereocenters. The van der Waals surface area contributed by atoms with E-state index in [1.165, 1.54) is 29.2 Å². The second-order valence-electron chi connectivity index (χ2n) is 4.65. The number of carbonyl (C=O) groups is 3. The molecule has 1 aliphatic rings. The van der Waals surface area contributed by atoms with Crippen LogP contribution in [0, 0.1) is 5.92 Å². The lowest BCUT2D eigenvalue weighted by Crippen LogP contribution is -2.34. The molecule has 0 radical (unpaired) electrons. The van der Waals surface area contributed by atoms with E-state index in [0.717, 1.165) is 0 Å². The van der Waals surface area contributed by atoms with Crippen LogP contribution in [0.5, 0.6) is 0 Å². The molecule has 1 unspecified atom stereocenters. The quantitative estimate of drug-likeness (QED) is 0.755. The van der Waals surface area contributed by atoms with Gasteiger partial charge in [0.2, 0.25) is 5.91 Å². The van der Waals surface area contributed by atoms with Gasteiger partial charge in [0.25, 0.3) is 0 Å². The molecular formula is C13H15N3O4. The van der Waals surface area contributed by atoms with E-state index in [9.17, 15) is 14.4 Å². The van der Waals surface area contributed by atoms with Gasteiger partial charge in [-0.05, 0) is 30.7 Å². The van der Waals surface area contributed by atoms with Gasteiger partial charge < -0.3 is 21.1 Å². The van der Waals surface area contributed by atoms with Gasteiger partial charge in [0, 0.05) is 18.8 Å². The Balaban J connectivity index is 1.95. The highest BCUT2D eigenvalue weighted by molar-refractivity contribution is 5.92. The number of hydrogen-bond donors (Lipinski definition) is 3. The maximum Gasteiger partial charge on any atom is 0.335 e. The Morgan fingerprint density at radius 3 is 2.40 bits per heavy atom. The molecule has 0 spiro atoms. The number of aromatic carboxylic acids is 1. The van der Waals surface area contributed by atoms with Crippen molar-refractivity contribution in [3.05, 3.63) is 29.8 Å². The third-order valence-electron chi connectivity index (χ3n) is 3.26. The van der Waals surface area contributed by atoms with Crippen LogP contribution in [0.25, 0.3) is 0 Å². The summed E-state index contributed by atoms with van der Waals surface area (Å²) in [7, 11) is 0. The molecule has 20 heavy (non-hydrogen) atoms. The second-order valence-corrected chi connectivity index (χ2v) is 4.65. The van der Waals surface area contributed by atoms with Crippen molar-refractivity contribution in [1.29, 1.82) is 0 Å². The summed E-state index contributed by atoms with van der Waals surface area (Å²) in [6.07, 6.45) is 0.570. The summed E-state index contributed by atoms with van der Waals surface area (Å²) in [6, 6.07) is 5.53. The van der Waals surface area contributed by atoms with E-state index in [4.69, 9.17) is 10.8 Å². The van der Waals surface area contributed by atoms with Crippen molar-refractivity contribution in [2.45, 2.75) is 6.42 Å². The summed E-state index contributed by atoms with van der Waals surface area (Å²) in [4.78, 5) is 35.2. The van der Waals surface area contributed by atoms with E-state index in [1.807, 2.05) is 0 Å². The zero-order valence-corrected chi connectivity index (χ0v) is 10.7. The van der Waals surface area contributed by atoms with E-state index in [-0.39, 0.29) is 17.5 Å². The molecule has 1 heterocycles. The van der Waals surface area contributed by atoms with Crippen LogP contribution in [0.15, 0.2) is 24.3 Å². The van der Waals surface area contributed by atoms with Gasteiger partial charge in [0.05, 0.1) is 11.5 Å². The van der Waals surface area contributed by atoms with Crippen molar-refractivity contribution in [2.24, 2.45) is 11.7 Å². The van der Waals surface area contributed by atoms with Gasteiger partial charge in [-0.2, -0.15) is 0 Å². The minimum Gasteiger partial charge on any atom is -0.478 e. The van der Waals surface area contributed by atoms with Gasteiger partial charge >= 0.3 is 12.0 Å². The summed E-state index contributed by atoms with van der Waals surface area (Å²) in [5.74, 6) is -1.71. The Morgan fingerprint density at radius 1 is 1.25 bits per heavy atom. The number of carboxylic acids is 1. The van der Waals surface area contributed by atoms with Gasteiger partial charge in [-0.25, -0.2) is 9.59 Å². The zero-order valence-electron chi connectivity index (χ0n) is 10.7. The lowest BCUT2D eigenvalue weighted by Gasteiger charge is -2.16. The summed E-state index contributed by atoms with van der Waals surface area (Å²) in [5.41, 5.74) is 5.86. The predicted molar refractivity (Wildman–Crippen MR) is 71.3 cm³/mol.